The van der Waals surface area contributed by atoms with E-state index in [9.17, 15) is 9.90 Å². The van der Waals surface area contributed by atoms with Gasteiger partial charge in [-0.15, -0.1) is 0 Å². The number of hydrogen-bond donors (Lipinski definition) is 2. The van der Waals surface area contributed by atoms with Crippen LogP contribution >= 0.6 is 11.8 Å². The molecule has 2 rings (SSSR count). The highest BCUT2D eigenvalue weighted by Gasteiger charge is 2.22. The molecule has 0 aromatic heterocycles. The second kappa shape index (κ2) is 6.11. The maximum absolute atomic E-state index is 12.1. The summed E-state index contributed by atoms with van der Waals surface area (Å²) in [6, 6.07) is 6.34. The van der Waals surface area contributed by atoms with E-state index >= 15 is 0 Å². The van der Waals surface area contributed by atoms with Gasteiger partial charge in [0.1, 0.15) is 5.75 Å². The van der Waals surface area contributed by atoms with Gasteiger partial charge in [0.15, 0.2) is 0 Å². The van der Waals surface area contributed by atoms with Gasteiger partial charge in [-0.25, -0.2) is 0 Å². The topological polar surface area (TPSA) is 66.6 Å². The lowest BCUT2D eigenvalue weighted by molar-refractivity contribution is -0.132. The van der Waals surface area contributed by atoms with E-state index < -0.39 is 6.04 Å². The number of nitrogens with two attached hydrogens (primary N) is 1. The second-order valence-electron chi connectivity index (χ2n) is 4.41. The van der Waals surface area contributed by atoms with E-state index in [1.165, 1.54) is 0 Å². The standard InChI is InChI=1S/C13H18N2O2S/c14-12(9-10-1-3-11(16)4-2-10)13(17)15-5-7-18-8-6-15/h1-4,12,16H,5-9,14H2/t12-/m0/s1. The van der Waals surface area contributed by atoms with E-state index in [1.54, 1.807) is 24.3 Å². The van der Waals surface area contributed by atoms with Gasteiger partial charge in [-0.05, 0) is 24.1 Å². The van der Waals surface area contributed by atoms with Crippen molar-refractivity contribution in [2.75, 3.05) is 24.6 Å². The van der Waals surface area contributed by atoms with E-state index in [-0.39, 0.29) is 11.7 Å². The van der Waals surface area contributed by atoms with Crippen molar-refractivity contribution >= 4 is 17.7 Å². The highest BCUT2D eigenvalue weighted by atomic mass is 32.2. The minimum absolute atomic E-state index is 0.0309. The molecule has 0 bridgehead atoms. The zero-order valence-electron chi connectivity index (χ0n) is 10.2. The Balaban J connectivity index is 1.92. The molecule has 1 aliphatic heterocycles. The van der Waals surface area contributed by atoms with Gasteiger partial charge in [-0.2, -0.15) is 11.8 Å². The Labute approximate surface area is 111 Å². The fourth-order valence-corrected chi connectivity index (χ4v) is 2.89. The highest BCUT2D eigenvalue weighted by molar-refractivity contribution is 7.99. The van der Waals surface area contributed by atoms with Gasteiger partial charge in [0.05, 0.1) is 6.04 Å². The minimum atomic E-state index is -0.488. The third-order valence-electron chi connectivity index (χ3n) is 3.03. The fourth-order valence-electron chi connectivity index (χ4n) is 1.99. The molecule has 0 spiro atoms. The van der Waals surface area contributed by atoms with E-state index in [0.717, 1.165) is 30.2 Å². The van der Waals surface area contributed by atoms with Crippen LogP contribution in [0, 0.1) is 0 Å². The number of carbonyl (C=O) groups excluding carboxylic acids is 1. The molecule has 1 atom stereocenters. The van der Waals surface area contributed by atoms with Gasteiger partial charge in [0.2, 0.25) is 5.91 Å². The summed E-state index contributed by atoms with van der Waals surface area (Å²) in [6.45, 7) is 1.60. The Hall–Kier alpha value is -1.20. The Morgan fingerprint density at radius 3 is 2.56 bits per heavy atom. The number of carbonyl (C=O) groups is 1. The molecule has 1 heterocycles. The van der Waals surface area contributed by atoms with Crippen molar-refractivity contribution in [3.63, 3.8) is 0 Å². The highest BCUT2D eigenvalue weighted by Crippen LogP contribution is 2.13. The number of phenolic OH excluding ortho intramolecular Hbond substituents is 1. The number of nitrogens with zero attached hydrogens (tertiary/aromatic N) is 1. The first kappa shape index (κ1) is 13.2. The van der Waals surface area contributed by atoms with Crippen molar-refractivity contribution in [1.82, 2.24) is 4.90 Å². The Kier molecular flexibility index (Phi) is 4.49. The molecule has 18 heavy (non-hydrogen) atoms. The number of phenols is 1. The quantitative estimate of drug-likeness (QED) is 0.850. The first-order valence-corrected chi connectivity index (χ1v) is 7.22. The first-order valence-electron chi connectivity index (χ1n) is 6.07. The fraction of sp³-hybridized carbons (Fsp3) is 0.462. The molecule has 0 unspecified atom stereocenters. The molecule has 0 aliphatic carbocycles. The number of aromatic hydroxyl groups is 1. The van der Waals surface area contributed by atoms with E-state index in [0.29, 0.717) is 6.42 Å². The van der Waals surface area contributed by atoms with Crippen molar-refractivity contribution in [3.8, 4) is 5.75 Å². The largest absolute Gasteiger partial charge is 0.508 e. The molecule has 1 aliphatic rings. The molecule has 3 N–H and O–H groups in total. The van der Waals surface area contributed by atoms with E-state index in [4.69, 9.17) is 5.73 Å². The lowest BCUT2D eigenvalue weighted by Gasteiger charge is -2.28. The SMILES string of the molecule is N[C@@H](Cc1ccc(O)cc1)C(=O)N1CCSCC1. The van der Waals surface area contributed by atoms with Crippen LogP contribution in [-0.4, -0.2) is 46.6 Å². The molecule has 1 saturated heterocycles. The summed E-state index contributed by atoms with van der Waals surface area (Å²) in [4.78, 5) is 14.0. The van der Waals surface area contributed by atoms with Gasteiger partial charge in [-0.1, -0.05) is 12.1 Å². The van der Waals surface area contributed by atoms with Crippen LogP contribution < -0.4 is 5.73 Å². The summed E-state index contributed by atoms with van der Waals surface area (Å²) >= 11 is 1.87. The number of amides is 1. The number of thioether (sulfide) groups is 1. The van der Waals surface area contributed by atoms with Crippen molar-refractivity contribution < 1.29 is 9.90 Å². The van der Waals surface area contributed by atoms with Gasteiger partial charge >= 0.3 is 0 Å². The maximum atomic E-state index is 12.1. The first-order chi connectivity index (χ1) is 8.66. The van der Waals surface area contributed by atoms with Crippen LogP contribution in [0.1, 0.15) is 5.56 Å². The molecular weight excluding hydrogens is 248 g/mol. The second-order valence-corrected chi connectivity index (χ2v) is 5.64. The zero-order chi connectivity index (χ0) is 13.0. The summed E-state index contributed by atoms with van der Waals surface area (Å²) in [6.07, 6.45) is 0.517. The van der Waals surface area contributed by atoms with Crippen molar-refractivity contribution in [2.45, 2.75) is 12.5 Å². The number of hydrogen-bond acceptors (Lipinski definition) is 4. The Morgan fingerprint density at radius 2 is 1.94 bits per heavy atom. The van der Waals surface area contributed by atoms with Crippen LogP contribution in [0.2, 0.25) is 0 Å². The van der Waals surface area contributed by atoms with Gasteiger partial charge in [0.25, 0.3) is 0 Å². The predicted molar refractivity (Wildman–Crippen MR) is 73.7 cm³/mol. The maximum Gasteiger partial charge on any atom is 0.239 e. The third-order valence-corrected chi connectivity index (χ3v) is 3.97. The zero-order valence-corrected chi connectivity index (χ0v) is 11.0. The summed E-state index contributed by atoms with van der Waals surface area (Å²) < 4.78 is 0. The molecule has 0 saturated carbocycles. The lowest BCUT2D eigenvalue weighted by Crippen LogP contribution is -2.48. The molecule has 4 nitrogen and oxygen atoms in total. The number of benzene rings is 1. The molecule has 1 fully saturated rings. The Morgan fingerprint density at radius 1 is 1.33 bits per heavy atom. The third kappa shape index (κ3) is 3.40. The van der Waals surface area contributed by atoms with Crippen LogP contribution in [0.15, 0.2) is 24.3 Å². The predicted octanol–water partition coefficient (Wildman–Crippen LogP) is 0.837. The molecule has 98 valence electrons. The molecule has 1 aromatic carbocycles. The van der Waals surface area contributed by atoms with Crippen molar-refractivity contribution in [3.05, 3.63) is 29.8 Å². The monoisotopic (exact) mass is 266 g/mol. The average Bonchev–Trinajstić information content (AvgIpc) is 2.41. The lowest BCUT2D eigenvalue weighted by atomic mass is 10.1. The van der Waals surface area contributed by atoms with Gasteiger partial charge in [0, 0.05) is 24.6 Å². The summed E-state index contributed by atoms with van der Waals surface area (Å²) in [7, 11) is 0. The van der Waals surface area contributed by atoms with Gasteiger partial charge in [-0.3, -0.25) is 4.79 Å². The van der Waals surface area contributed by atoms with E-state index in [2.05, 4.69) is 0 Å². The molecule has 1 aromatic rings. The summed E-state index contributed by atoms with van der Waals surface area (Å²) in [5, 5.41) is 9.20. The van der Waals surface area contributed by atoms with E-state index in [1.807, 2.05) is 16.7 Å². The van der Waals surface area contributed by atoms with Crippen LogP contribution in [0.5, 0.6) is 5.75 Å². The molecule has 1 amide bonds. The average molecular weight is 266 g/mol. The molecule has 5 heteroatoms. The van der Waals surface area contributed by atoms with Crippen LogP contribution in [-0.2, 0) is 11.2 Å². The normalized spacial score (nSPS) is 17.5. The molecular formula is C13H18N2O2S. The van der Waals surface area contributed by atoms with Crippen LogP contribution in [0.3, 0.4) is 0 Å². The van der Waals surface area contributed by atoms with Crippen molar-refractivity contribution in [2.24, 2.45) is 5.73 Å². The Bertz CT molecular complexity index is 402. The van der Waals surface area contributed by atoms with Gasteiger partial charge < -0.3 is 15.7 Å². The number of rotatable bonds is 3. The smallest absolute Gasteiger partial charge is 0.239 e. The van der Waals surface area contributed by atoms with Crippen LogP contribution in [0.4, 0.5) is 0 Å². The minimum Gasteiger partial charge on any atom is -0.508 e. The van der Waals surface area contributed by atoms with Crippen molar-refractivity contribution in [1.29, 1.82) is 0 Å². The van der Waals surface area contributed by atoms with Crippen LogP contribution in [0.25, 0.3) is 0 Å². The summed E-state index contributed by atoms with van der Waals surface area (Å²) in [5.41, 5.74) is 6.93. The summed E-state index contributed by atoms with van der Waals surface area (Å²) in [5.74, 6) is 2.25. The molecule has 0 radical (unpaired) electrons.